The summed E-state index contributed by atoms with van der Waals surface area (Å²) in [5.74, 6) is -0.345. The summed E-state index contributed by atoms with van der Waals surface area (Å²) in [4.78, 5) is 29.4. The first-order chi connectivity index (χ1) is 13.3. The number of hydrogen-bond acceptors (Lipinski definition) is 6. The minimum Gasteiger partial charge on any atom is -0.462 e. The Balaban J connectivity index is 1.88. The predicted molar refractivity (Wildman–Crippen MR) is 104 cm³/mol. The van der Waals surface area contributed by atoms with Gasteiger partial charge >= 0.3 is 5.97 Å². The molecule has 1 aromatic carbocycles. The van der Waals surface area contributed by atoms with Crippen molar-refractivity contribution in [2.45, 2.75) is 33.7 Å². The predicted octanol–water partition coefficient (Wildman–Crippen LogP) is 3.56. The van der Waals surface area contributed by atoms with Gasteiger partial charge in [0.05, 0.1) is 17.9 Å². The molecule has 28 heavy (non-hydrogen) atoms. The van der Waals surface area contributed by atoms with Gasteiger partial charge in [-0.1, -0.05) is 23.7 Å². The Morgan fingerprint density at radius 3 is 2.75 bits per heavy atom. The zero-order valence-corrected chi connectivity index (χ0v) is 16.7. The fraction of sp³-hybridized carbons (Fsp3) is 0.316. The second-order valence-corrected chi connectivity index (χ2v) is 6.77. The van der Waals surface area contributed by atoms with Crippen LogP contribution >= 0.6 is 11.6 Å². The van der Waals surface area contributed by atoms with Crippen LogP contribution in [0.15, 0.2) is 24.3 Å². The molecular formula is C19H20ClN5O3. The van der Waals surface area contributed by atoms with E-state index in [1.165, 1.54) is 4.80 Å². The summed E-state index contributed by atoms with van der Waals surface area (Å²) in [5, 5.41) is 12.9. The second kappa shape index (κ2) is 7.93. The standard InChI is InChI=1S/C19H20ClN5O3/c1-5-28-19(27)15-10(2)16(21-11(15)3)17(26)12(4)25-23-18(22-24-25)13-7-6-8-14(20)9-13/h6-9,12,21H,5H2,1-4H3/t12-/m0/s1. The summed E-state index contributed by atoms with van der Waals surface area (Å²) in [6.45, 7) is 7.11. The molecule has 0 aliphatic rings. The third-order valence-corrected chi connectivity index (χ3v) is 4.64. The molecule has 0 saturated heterocycles. The van der Waals surface area contributed by atoms with Crippen LogP contribution in [0.1, 0.15) is 52.0 Å². The normalized spacial score (nSPS) is 12.0. The van der Waals surface area contributed by atoms with Crippen molar-refractivity contribution in [1.82, 2.24) is 25.2 Å². The van der Waals surface area contributed by atoms with Gasteiger partial charge in [-0.25, -0.2) is 4.79 Å². The number of aromatic amines is 1. The lowest BCUT2D eigenvalue weighted by molar-refractivity contribution is 0.0525. The topological polar surface area (TPSA) is 103 Å². The lowest BCUT2D eigenvalue weighted by Gasteiger charge is -2.08. The van der Waals surface area contributed by atoms with Crippen LogP contribution < -0.4 is 0 Å². The maximum Gasteiger partial charge on any atom is 0.340 e. The van der Waals surface area contributed by atoms with Crippen LogP contribution in [0.3, 0.4) is 0 Å². The number of halogens is 1. The Bertz CT molecular complexity index is 1040. The molecule has 0 aliphatic carbocycles. The van der Waals surface area contributed by atoms with Crippen molar-refractivity contribution in [2.75, 3.05) is 6.61 Å². The number of esters is 1. The van der Waals surface area contributed by atoms with Gasteiger partial charge in [0.2, 0.25) is 11.6 Å². The van der Waals surface area contributed by atoms with Gasteiger partial charge in [-0.2, -0.15) is 4.80 Å². The molecule has 1 N–H and O–H groups in total. The number of aromatic nitrogens is 5. The highest BCUT2D eigenvalue weighted by Crippen LogP contribution is 2.24. The van der Waals surface area contributed by atoms with E-state index < -0.39 is 12.0 Å². The van der Waals surface area contributed by atoms with Gasteiger partial charge in [0, 0.05) is 16.3 Å². The number of Topliss-reactive ketones (excluding diaryl/α,β-unsaturated/α-hetero) is 1. The van der Waals surface area contributed by atoms with Gasteiger partial charge in [-0.3, -0.25) is 4.79 Å². The molecule has 0 fully saturated rings. The Morgan fingerprint density at radius 2 is 2.07 bits per heavy atom. The van der Waals surface area contributed by atoms with Crippen molar-refractivity contribution in [3.63, 3.8) is 0 Å². The molecule has 9 heteroatoms. The average Bonchev–Trinajstić information content (AvgIpc) is 3.25. The zero-order valence-electron chi connectivity index (χ0n) is 16.0. The molecule has 0 amide bonds. The number of ether oxygens (including phenoxy) is 1. The van der Waals surface area contributed by atoms with E-state index in [2.05, 4.69) is 20.4 Å². The van der Waals surface area contributed by atoms with E-state index in [4.69, 9.17) is 16.3 Å². The molecule has 0 unspecified atom stereocenters. The monoisotopic (exact) mass is 401 g/mol. The van der Waals surface area contributed by atoms with Gasteiger partial charge in [0.1, 0.15) is 6.04 Å². The Kier molecular flexibility index (Phi) is 5.60. The number of carbonyl (C=O) groups is 2. The minimum absolute atomic E-state index is 0.258. The van der Waals surface area contributed by atoms with Crippen molar-refractivity contribution in [2.24, 2.45) is 0 Å². The van der Waals surface area contributed by atoms with Crippen LogP contribution in [0, 0.1) is 13.8 Å². The quantitative estimate of drug-likeness (QED) is 0.500. The number of H-pyrrole nitrogens is 1. The SMILES string of the molecule is CCOC(=O)c1c(C)[nH]c(C(=O)[C@H](C)n2nnc(-c3cccc(Cl)c3)n2)c1C. The van der Waals surface area contributed by atoms with Gasteiger partial charge in [0.25, 0.3) is 0 Å². The molecule has 8 nitrogen and oxygen atoms in total. The number of nitrogens with one attached hydrogen (secondary N) is 1. The zero-order chi connectivity index (χ0) is 20.4. The summed E-state index contributed by atoms with van der Waals surface area (Å²) in [6, 6.07) is 6.35. The number of rotatable bonds is 6. The molecule has 0 spiro atoms. The van der Waals surface area contributed by atoms with Crippen LogP contribution in [0.2, 0.25) is 5.02 Å². The number of hydrogen-bond donors (Lipinski definition) is 1. The molecule has 1 atom stereocenters. The van der Waals surface area contributed by atoms with Gasteiger partial charge < -0.3 is 9.72 Å². The highest BCUT2D eigenvalue weighted by atomic mass is 35.5. The van der Waals surface area contributed by atoms with E-state index in [1.54, 1.807) is 45.9 Å². The van der Waals surface area contributed by atoms with Gasteiger partial charge in [0.15, 0.2) is 0 Å². The van der Waals surface area contributed by atoms with Crippen molar-refractivity contribution < 1.29 is 14.3 Å². The number of tetrazole rings is 1. The van der Waals surface area contributed by atoms with Crippen LogP contribution in [0.5, 0.6) is 0 Å². The van der Waals surface area contributed by atoms with E-state index >= 15 is 0 Å². The molecule has 146 valence electrons. The maximum atomic E-state index is 13.0. The summed E-state index contributed by atoms with van der Waals surface area (Å²) >= 11 is 6.00. The molecule has 0 saturated carbocycles. The molecule has 0 bridgehead atoms. The third kappa shape index (κ3) is 3.68. The largest absolute Gasteiger partial charge is 0.462 e. The minimum atomic E-state index is -0.716. The lowest BCUT2D eigenvalue weighted by atomic mass is 10.1. The first kappa shape index (κ1) is 19.8. The van der Waals surface area contributed by atoms with Crippen LogP contribution in [0.4, 0.5) is 0 Å². The van der Waals surface area contributed by atoms with Crippen LogP contribution in [-0.2, 0) is 4.74 Å². The second-order valence-electron chi connectivity index (χ2n) is 6.33. The average molecular weight is 402 g/mol. The molecule has 2 heterocycles. The molecule has 0 aliphatic heterocycles. The Hall–Kier alpha value is -3.00. The van der Waals surface area contributed by atoms with Crippen LogP contribution in [0.25, 0.3) is 11.4 Å². The summed E-state index contributed by atoms with van der Waals surface area (Å²) < 4.78 is 5.07. The molecule has 3 aromatic rings. The fourth-order valence-corrected chi connectivity index (χ4v) is 3.14. The highest BCUT2D eigenvalue weighted by molar-refractivity contribution is 6.30. The van der Waals surface area contributed by atoms with Gasteiger partial charge in [-0.15, -0.1) is 10.2 Å². The summed E-state index contributed by atoms with van der Waals surface area (Å²) in [5.41, 5.74) is 2.54. The Labute approximate surface area is 166 Å². The van der Waals surface area contributed by atoms with E-state index in [0.717, 1.165) is 0 Å². The molecule has 2 aromatic heterocycles. The number of ketones is 1. The first-order valence-corrected chi connectivity index (χ1v) is 9.17. The lowest BCUT2D eigenvalue weighted by Crippen LogP contribution is -2.20. The smallest absolute Gasteiger partial charge is 0.340 e. The van der Waals surface area contributed by atoms with E-state index in [-0.39, 0.29) is 12.4 Å². The van der Waals surface area contributed by atoms with Crippen molar-refractivity contribution >= 4 is 23.4 Å². The number of carbonyl (C=O) groups excluding carboxylic acids is 2. The van der Waals surface area contributed by atoms with E-state index in [9.17, 15) is 9.59 Å². The number of nitrogens with zero attached hydrogens (tertiary/aromatic N) is 4. The highest BCUT2D eigenvalue weighted by Gasteiger charge is 2.27. The first-order valence-electron chi connectivity index (χ1n) is 8.79. The summed E-state index contributed by atoms with van der Waals surface area (Å²) in [6.07, 6.45) is 0. The van der Waals surface area contributed by atoms with Crippen LogP contribution in [-0.4, -0.2) is 43.6 Å². The van der Waals surface area contributed by atoms with Crippen molar-refractivity contribution in [3.05, 3.63) is 51.8 Å². The third-order valence-electron chi connectivity index (χ3n) is 4.40. The van der Waals surface area contributed by atoms with Crippen molar-refractivity contribution in [3.8, 4) is 11.4 Å². The summed E-state index contributed by atoms with van der Waals surface area (Å²) in [7, 11) is 0. The molecule has 0 radical (unpaired) electrons. The number of aryl methyl sites for hydroxylation is 1. The molecular weight excluding hydrogens is 382 g/mol. The number of benzene rings is 1. The van der Waals surface area contributed by atoms with E-state index in [0.29, 0.717) is 38.9 Å². The fourth-order valence-electron chi connectivity index (χ4n) is 2.95. The Morgan fingerprint density at radius 1 is 1.32 bits per heavy atom. The molecule has 3 rings (SSSR count). The van der Waals surface area contributed by atoms with Crippen molar-refractivity contribution in [1.29, 1.82) is 0 Å². The maximum absolute atomic E-state index is 13.0. The van der Waals surface area contributed by atoms with Gasteiger partial charge in [-0.05, 0) is 50.6 Å². The van der Waals surface area contributed by atoms with E-state index in [1.807, 2.05) is 6.07 Å².